The van der Waals surface area contributed by atoms with E-state index in [0.717, 1.165) is 5.52 Å². The van der Waals surface area contributed by atoms with Crippen molar-refractivity contribution in [2.75, 3.05) is 0 Å². The summed E-state index contributed by atoms with van der Waals surface area (Å²) in [6, 6.07) is 6.27. The van der Waals surface area contributed by atoms with Crippen molar-refractivity contribution < 1.29 is 0 Å². The number of aromatic nitrogens is 2. The number of hydrogen-bond acceptors (Lipinski definition) is 2. The fraction of sp³-hybridized carbons (Fsp3) is 0.462. The summed E-state index contributed by atoms with van der Waals surface area (Å²) < 4.78 is 0. The van der Waals surface area contributed by atoms with Crippen molar-refractivity contribution in [2.45, 2.75) is 38.1 Å². The highest BCUT2D eigenvalue weighted by Crippen LogP contribution is 2.40. The van der Waals surface area contributed by atoms with Crippen LogP contribution in [0.3, 0.4) is 0 Å². The number of benzene rings is 1. The molecule has 1 aliphatic carbocycles. The summed E-state index contributed by atoms with van der Waals surface area (Å²) in [5, 5.41) is 8.86. The maximum atomic E-state index is 6.03. The molecule has 3 N–H and O–H groups in total. The zero-order chi connectivity index (χ0) is 11.1. The van der Waals surface area contributed by atoms with E-state index in [4.69, 9.17) is 5.73 Å². The molecule has 1 heterocycles. The van der Waals surface area contributed by atoms with Gasteiger partial charge in [0.1, 0.15) is 0 Å². The molecule has 0 bridgehead atoms. The summed E-state index contributed by atoms with van der Waals surface area (Å²) in [5.74, 6) is 0.671. The van der Waals surface area contributed by atoms with Gasteiger partial charge in [-0.3, -0.25) is 5.10 Å². The molecule has 0 aliphatic heterocycles. The second-order valence-electron chi connectivity index (χ2n) is 4.80. The van der Waals surface area contributed by atoms with E-state index in [0.29, 0.717) is 5.92 Å². The zero-order valence-electron chi connectivity index (χ0n) is 9.53. The molecule has 0 spiro atoms. The molecule has 1 aromatic heterocycles. The first-order valence-electron chi connectivity index (χ1n) is 6.00. The van der Waals surface area contributed by atoms with E-state index in [1.165, 1.54) is 35.9 Å². The number of fused-ring (bicyclic) bond motifs is 1. The molecular weight excluding hydrogens is 198 g/mol. The molecule has 3 rings (SSSR count). The van der Waals surface area contributed by atoms with Crippen LogP contribution in [0.2, 0.25) is 0 Å². The first kappa shape index (κ1) is 9.85. The monoisotopic (exact) mass is 215 g/mol. The summed E-state index contributed by atoms with van der Waals surface area (Å²) in [7, 11) is 0. The van der Waals surface area contributed by atoms with Crippen LogP contribution in [0.5, 0.6) is 0 Å². The first-order chi connectivity index (χ1) is 7.77. The van der Waals surface area contributed by atoms with Crippen LogP contribution in [0.4, 0.5) is 0 Å². The van der Waals surface area contributed by atoms with Crippen LogP contribution in [0, 0.1) is 0 Å². The average Bonchev–Trinajstić information content (AvgIpc) is 2.59. The summed E-state index contributed by atoms with van der Waals surface area (Å²) >= 11 is 0. The lowest BCUT2D eigenvalue weighted by atomic mass is 9.81. The highest BCUT2D eigenvalue weighted by atomic mass is 15.1. The Balaban J connectivity index is 2.21. The van der Waals surface area contributed by atoms with Gasteiger partial charge in [-0.1, -0.05) is 18.6 Å². The van der Waals surface area contributed by atoms with Gasteiger partial charge in [-0.25, -0.2) is 0 Å². The maximum absolute atomic E-state index is 6.03. The highest BCUT2D eigenvalue weighted by Gasteiger charge is 2.24. The van der Waals surface area contributed by atoms with Crippen molar-refractivity contribution in [3.8, 4) is 0 Å². The van der Waals surface area contributed by atoms with Gasteiger partial charge in [0.2, 0.25) is 0 Å². The van der Waals surface area contributed by atoms with E-state index in [9.17, 15) is 0 Å². The van der Waals surface area contributed by atoms with Crippen molar-refractivity contribution in [1.29, 1.82) is 0 Å². The number of aromatic amines is 1. The molecule has 0 radical (unpaired) electrons. The molecule has 1 aromatic carbocycles. The molecular formula is C13H17N3. The normalized spacial score (nSPS) is 18.6. The van der Waals surface area contributed by atoms with Crippen LogP contribution in [0.25, 0.3) is 10.9 Å². The van der Waals surface area contributed by atoms with Crippen molar-refractivity contribution >= 4 is 10.9 Å². The predicted molar refractivity (Wildman–Crippen MR) is 65.3 cm³/mol. The molecule has 16 heavy (non-hydrogen) atoms. The zero-order valence-corrected chi connectivity index (χ0v) is 9.53. The summed E-state index contributed by atoms with van der Waals surface area (Å²) in [6.45, 7) is 2.03. The fourth-order valence-electron chi connectivity index (χ4n) is 2.49. The van der Waals surface area contributed by atoms with E-state index in [1.807, 2.05) is 13.0 Å². The Labute approximate surface area is 95.0 Å². The maximum Gasteiger partial charge on any atom is 0.0927 e. The van der Waals surface area contributed by atoms with Crippen LogP contribution in [0.1, 0.15) is 49.4 Å². The quantitative estimate of drug-likeness (QED) is 0.809. The third kappa shape index (κ3) is 1.35. The van der Waals surface area contributed by atoms with Gasteiger partial charge in [-0.15, -0.1) is 0 Å². The lowest BCUT2D eigenvalue weighted by molar-refractivity contribution is 0.412. The van der Waals surface area contributed by atoms with E-state index < -0.39 is 0 Å². The van der Waals surface area contributed by atoms with E-state index >= 15 is 0 Å². The number of H-pyrrole nitrogens is 1. The Morgan fingerprint density at radius 1 is 1.44 bits per heavy atom. The van der Waals surface area contributed by atoms with Crippen LogP contribution in [-0.4, -0.2) is 10.2 Å². The number of rotatable bonds is 2. The number of hydrogen-bond donors (Lipinski definition) is 2. The molecule has 1 saturated carbocycles. The summed E-state index contributed by atoms with van der Waals surface area (Å²) in [4.78, 5) is 0. The molecule has 1 unspecified atom stereocenters. The minimum Gasteiger partial charge on any atom is -0.324 e. The first-order valence-corrected chi connectivity index (χ1v) is 6.00. The van der Waals surface area contributed by atoms with Crippen molar-refractivity contribution in [2.24, 2.45) is 5.73 Å². The molecule has 2 aromatic rings. The molecule has 1 atom stereocenters. The Bertz CT molecular complexity index is 509. The topological polar surface area (TPSA) is 54.7 Å². The Kier molecular flexibility index (Phi) is 2.21. The van der Waals surface area contributed by atoms with Crippen molar-refractivity contribution in [3.63, 3.8) is 0 Å². The lowest BCUT2D eigenvalue weighted by Gasteiger charge is -2.25. The van der Waals surface area contributed by atoms with Gasteiger partial charge in [-0.05, 0) is 31.4 Å². The minimum atomic E-state index is 0.0696. The predicted octanol–water partition coefficient (Wildman–Crippen LogP) is 2.85. The second-order valence-corrected chi connectivity index (χ2v) is 4.80. The van der Waals surface area contributed by atoms with Crippen LogP contribution in [-0.2, 0) is 0 Å². The third-order valence-electron chi connectivity index (χ3n) is 3.64. The van der Waals surface area contributed by atoms with Crippen LogP contribution >= 0.6 is 0 Å². The van der Waals surface area contributed by atoms with Gasteiger partial charge in [0.05, 0.1) is 5.52 Å². The summed E-state index contributed by atoms with van der Waals surface area (Å²) in [6.07, 6.45) is 3.90. The summed E-state index contributed by atoms with van der Waals surface area (Å²) in [5.41, 5.74) is 9.59. The van der Waals surface area contributed by atoms with E-state index in [1.54, 1.807) is 0 Å². The lowest BCUT2D eigenvalue weighted by Crippen LogP contribution is -2.11. The highest BCUT2D eigenvalue weighted by molar-refractivity contribution is 5.86. The molecule has 3 heteroatoms. The minimum absolute atomic E-state index is 0.0696. The SMILES string of the molecule is CC(N)c1cccc2n[nH]c(C3CCC3)c12. The number of nitrogens with two attached hydrogens (primary N) is 1. The molecule has 1 aliphatic rings. The van der Waals surface area contributed by atoms with Gasteiger partial charge < -0.3 is 5.73 Å². The second kappa shape index (κ2) is 3.59. The standard InChI is InChI=1S/C13H17N3/c1-8(14)10-6-3-7-11-12(10)13(16-15-11)9-4-2-5-9/h3,6-9H,2,4-5,14H2,1H3,(H,15,16). The smallest absolute Gasteiger partial charge is 0.0927 e. The van der Waals surface area contributed by atoms with E-state index in [2.05, 4.69) is 22.3 Å². The van der Waals surface area contributed by atoms with E-state index in [-0.39, 0.29) is 6.04 Å². The van der Waals surface area contributed by atoms with Crippen LogP contribution in [0.15, 0.2) is 18.2 Å². The van der Waals surface area contributed by atoms with Gasteiger partial charge in [-0.2, -0.15) is 5.10 Å². The Morgan fingerprint density at radius 3 is 2.88 bits per heavy atom. The molecule has 3 nitrogen and oxygen atoms in total. The molecule has 1 fully saturated rings. The van der Waals surface area contributed by atoms with Gasteiger partial charge in [0, 0.05) is 23.0 Å². The Hall–Kier alpha value is -1.35. The average molecular weight is 215 g/mol. The van der Waals surface area contributed by atoms with Gasteiger partial charge >= 0.3 is 0 Å². The number of nitrogens with one attached hydrogen (secondary N) is 1. The number of nitrogens with zero attached hydrogens (tertiary/aromatic N) is 1. The molecule has 0 amide bonds. The largest absolute Gasteiger partial charge is 0.324 e. The third-order valence-corrected chi connectivity index (χ3v) is 3.64. The van der Waals surface area contributed by atoms with Gasteiger partial charge in [0.25, 0.3) is 0 Å². The van der Waals surface area contributed by atoms with Crippen molar-refractivity contribution in [1.82, 2.24) is 10.2 Å². The molecule has 0 saturated heterocycles. The molecule has 84 valence electrons. The van der Waals surface area contributed by atoms with Gasteiger partial charge in [0.15, 0.2) is 0 Å². The fourth-order valence-corrected chi connectivity index (χ4v) is 2.49. The Morgan fingerprint density at radius 2 is 2.25 bits per heavy atom. The van der Waals surface area contributed by atoms with Crippen molar-refractivity contribution in [3.05, 3.63) is 29.5 Å². The van der Waals surface area contributed by atoms with Crippen LogP contribution < -0.4 is 5.73 Å².